The molecule has 1 heterocycles. The number of aromatic nitrogens is 2. The molecule has 0 unspecified atom stereocenters. The lowest BCUT2D eigenvalue weighted by molar-refractivity contribution is 0.475. The van der Waals surface area contributed by atoms with Crippen molar-refractivity contribution in [2.24, 2.45) is 0 Å². The Morgan fingerprint density at radius 3 is 2.60 bits per heavy atom. The smallest absolute Gasteiger partial charge is 0.116 e. The minimum absolute atomic E-state index is 0.196. The average molecular weight is 326 g/mol. The molecule has 0 saturated heterocycles. The van der Waals surface area contributed by atoms with Crippen LogP contribution in [0.3, 0.4) is 0 Å². The number of aromatic hydroxyl groups is 1. The minimum atomic E-state index is 0.196. The molecule has 3 aromatic carbocycles. The second-order valence-corrected chi connectivity index (χ2v) is 5.63. The number of rotatable bonds is 3. The molecule has 4 rings (SSSR count). The molecule has 0 aliphatic heterocycles. The van der Waals surface area contributed by atoms with Crippen molar-refractivity contribution in [2.75, 3.05) is 5.43 Å². The van der Waals surface area contributed by atoms with E-state index in [4.69, 9.17) is 0 Å². The van der Waals surface area contributed by atoms with Crippen LogP contribution in [-0.2, 0) is 0 Å². The van der Waals surface area contributed by atoms with Crippen LogP contribution in [0.2, 0.25) is 0 Å². The van der Waals surface area contributed by atoms with Gasteiger partial charge in [-0.3, -0.25) is 5.43 Å². The third kappa shape index (κ3) is 2.77. The molecule has 1 aromatic heterocycles. The topological polar surface area (TPSA) is 73.9 Å². The van der Waals surface area contributed by atoms with E-state index in [1.54, 1.807) is 36.7 Å². The van der Waals surface area contributed by atoms with Gasteiger partial charge in [-0.15, -0.1) is 0 Å². The van der Waals surface area contributed by atoms with Crippen LogP contribution in [0.1, 0.15) is 5.56 Å². The number of benzene rings is 3. The van der Waals surface area contributed by atoms with Crippen LogP contribution in [0.5, 0.6) is 5.75 Å². The summed E-state index contributed by atoms with van der Waals surface area (Å²) in [6.45, 7) is 0. The highest BCUT2D eigenvalue weighted by atomic mass is 16.3. The number of phenols is 1. The van der Waals surface area contributed by atoms with Gasteiger partial charge < -0.3 is 5.11 Å². The van der Waals surface area contributed by atoms with E-state index >= 15 is 0 Å². The van der Waals surface area contributed by atoms with Gasteiger partial charge in [0.1, 0.15) is 12.1 Å². The van der Waals surface area contributed by atoms with Gasteiger partial charge >= 0.3 is 0 Å². The summed E-state index contributed by atoms with van der Waals surface area (Å²) in [5.41, 5.74) is 8.26. The van der Waals surface area contributed by atoms with Crippen LogP contribution < -0.4 is 5.43 Å². The van der Waals surface area contributed by atoms with E-state index < -0.39 is 0 Å². The predicted molar refractivity (Wildman–Crippen MR) is 97.0 cm³/mol. The number of fused-ring (bicyclic) bond motifs is 1. The van der Waals surface area contributed by atoms with E-state index in [0.29, 0.717) is 5.56 Å². The number of phenolic OH excluding ortho intramolecular Hbond substituents is 1. The third-order valence-electron chi connectivity index (χ3n) is 4.02. The van der Waals surface area contributed by atoms with Crippen molar-refractivity contribution in [2.45, 2.75) is 0 Å². The predicted octanol–water partition coefficient (Wildman–Crippen LogP) is 4.16. The second-order valence-electron chi connectivity index (χ2n) is 5.63. The van der Waals surface area contributed by atoms with E-state index in [0.717, 1.165) is 27.8 Å². The molecular formula is C20H14N4O. The van der Waals surface area contributed by atoms with Crippen molar-refractivity contribution in [3.63, 3.8) is 0 Å². The summed E-state index contributed by atoms with van der Waals surface area (Å²) in [4.78, 5) is 4.36. The van der Waals surface area contributed by atoms with Gasteiger partial charge in [0.15, 0.2) is 0 Å². The molecule has 0 fully saturated rings. The van der Waals surface area contributed by atoms with Crippen LogP contribution in [0.4, 0.5) is 5.69 Å². The Kier molecular flexibility index (Phi) is 3.56. The summed E-state index contributed by atoms with van der Waals surface area (Å²) in [6, 6.07) is 22.4. The Morgan fingerprint density at radius 1 is 1.00 bits per heavy atom. The number of imidazole rings is 1. The molecule has 0 radical (unpaired) electrons. The SMILES string of the molecule is N#Cc1ccc(Nn2cnc3ccccc32)cc1-c1ccc(O)cc1. The number of para-hydroxylation sites is 2. The van der Waals surface area contributed by atoms with Crippen LogP contribution in [0.25, 0.3) is 22.2 Å². The lowest BCUT2D eigenvalue weighted by atomic mass is 9.99. The number of anilines is 1. The maximum Gasteiger partial charge on any atom is 0.116 e. The molecule has 2 N–H and O–H groups in total. The summed E-state index contributed by atoms with van der Waals surface area (Å²) in [6.07, 6.45) is 1.73. The van der Waals surface area contributed by atoms with Crippen molar-refractivity contribution in [1.29, 1.82) is 5.26 Å². The number of nitrogens with one attached hydrogen (secondary N) is 1. The molecule has 0 bridgehead atoms. The lowest BCUT2D eigenvalue weighted by Crippen LogP contribution is -2.07. The first kappa shape index (κ1) is 14.8. The summed E-state index contributed by atoms with van der Waals surface area (Å²) in [5.74, 6) is 0.196. The molecule has 4 aromatic rings. The average Bonchev–Trinajstić information content (AvgIpc) is 3.05. The highest BCUT2D eigenvalue weighted by molar-refractivity contribution is 5.77. The fraction of sp³-hybridized carbons (Fsp3) is 0. The summed E-state index contributed by atoms with van der Waals surface area (Å²) >= 11 is 0. The Bertz CT molecular complexity index is 1090. The molecule has 0 saturated carbocycles. The fourth-order valence-electron chi connectivity index (χ4n) is 2.78. The summed E-state index contributed by atoms with van der Waals surface area (Å²) in [5, 5.41) is 18.9. The van der Waals surface area contributed by atoms with Crippen molar-refractivity contribution in [3.05, 3.63) is 78.6 Å². The molecule has 0 spiro atoms. The zero-order chi connectivity index (χ0) is 17.2. The number of nitrogens with zero attached hydrogens (tertiary/aromatic N) is 3. The van der Waals surface area contributed by atoms with E-state index in [-0.39, 0.29) is 5.75 Å². The van der Waals surface area contributed by atoms with Gasteiger partial charge in [-0.1, -0.05) is 24.3 Å². The first-order chi connectivity index (χ1) is 12.2. The third-order valence-corrected chi connectivity index (χ3v) is 4.02. The maximum absolute atomic E-state index is 9.47. The normalized spacial score (nSPS) is 10.5. The molecule has 5 heteroatoms. The number of nitriles is 1. The molecule has 25 heavy (non-hydrogen) atoms. The van der Waals surface area contributed by atoms with Gasteiger partial charge in [-0.25, -0.2) is 9.66 Å². The van der Waals surface area contributed by atoms with Gasteiger partial charge in [-0.2, -0.15) is 5.26 Å². The zero-order valence-electron chi connectivity index (χ0n) is 13.2. The van der Waals surface area contributed by atoms with E-state index in [2.05, 4.69) is 16.5 Å². The van der Waals surface area contributed by atoms with E-state index in [1.807, 2.05) is 41.1 Å². The summed E-state index contributed by atoms with van der Waals surface area (Å²) in [7, 11) is 0. The molecule has 120 valence electrons. The van der Waals surface area contributed by atoms with Crippen LogP contribution in [0.15, 0.2) is 73.1 Å². The molecular weight excluding hydrogens is 312 g/mol. The van der Waals surface area contributed by atoms with Gasteiger partial charge in [0, 0.05) is 5.56 Å². The fourth-order valence-corrected chi connectivity index (χ4v) is 2.78. The van der Waals surface area contributed by atoms with E-state index in [1.165, 1.54) is 0 Å². The van der Waals surface area contributed by atoms with E-state index in [9.17, 15) is 10.4 Å². The highest BCUT2D eigenvalue weighted by Crippen LogP contribution is 2.28. The van der Waals surface area contributed by atoms with Crippen LogP contribution in [0, 0.1) is 11.3 Å². The van der Waals surface area contributed by atoms with Gasteiger partial charge in [-0.05, 0) is 48.0 Å². The first-order valence-corrected chi connectivity index (χ1v) is 7.77. The molecule has 0 aliphatic rings. The molecule has 0 aliphatic carbocycles. The molecule has 0 atom stereocenters. The second kappa shape index (κ2) is 6.02. The van der Waals surface area contributed by atoms with Crippen molar-refractivity contribution in [3.8, 4) is 22.9 Å². The van der Waals surface area contributed by atoms with Crippen molar-refractivity contribution < 1.29 is 5.11 Å². The summed E-state index contributed by atoms with van der Waals surface area (Å²) < 4.78 is 1.84. The van der Waals surface area contributed by atoms with Crippen molar-refractivity contribution >= 4 is 16.7 Å². The van der Waals surface area contributed by atoms with Crippen LogP contribution in [-0.4, -0.2) is 14.8 Å². The lowest BCUT2D eigenvalue weighted by Gasteiger charge is -2.11. The first-order valence-electron chi connectivity index (χ1n) is 7.77. The van der Waals surface area contributed by atoms with Gasteiger partial charge in [0.05, 0.1) is 28.4 Å². The Hall–Kier alpha value is -3.78. The Balaban J connectivity index is 1.75. The largest absolute Gasteiger partial charge is 0.508 e. The van der Waals surface area contributed by atoms with Crippen molar-refractivity contribution in [1.82, 2.24) is 9.66 Å². The Morgan fingerprint density at radius 2 is 1.80 bits per heavy atom. The highest BCUT2D eigenvalue weighted by Gasteiger charge is 2.08. The molecule has 5 nitrogen and oxygen atoms in total. The minimum Gasteiger partial charge on any atom is -0.508 e. The number of hydrogen-bond acceptors (Lipinski definition) is 4. The molecule has 0 amide bonds. The van der Waals surface area contributed by atoms with Gasteiger partial charge in [0.25, 0.3) is 0 Å². The zero-order valence-corrected chi connectivity index (χ0v) is 13.2. The Labute approximate surface area is 144 Å². The van der Waals surface area contributed by atoms with Gasteiger partial charge in [0.2, 0.25) is 0 Å². The number of hydrogen-bond donors (Lipinski definition) is 2. The standard InChI is InChI=1S/C20H14N4O/c21-12-15-5-8-16(11-18(15)14-6-9-17(25)10-7-14)23-24-13-22-19-3-1-2-4-20(19)24/h1-11,13,23,25H. The quantitative estimate of drug-likeness (QED) is 0.593. The van der Waals surface area contributed by atoms with Crippen LogP contribution >= 0.6 is 0 Å². The maximum atomic E-state index is 9.47. The monoisotopic (exact) mass is 326 g/mol.